The zero-order chi connectivity index (χ0) is 12.5. The highest BCUT2D eigenvalue weighted by molar-refractivity contribution is 6.16. The van der Waals surface area contributed by atoms with E-state index in [2.05, 4.69) is 21.5 Å². The van der Waals surface area contributed by atoms with Crippen LogP contribution in [0, 0.1) is 12.8 Å². The Morgan fingerprint density at radius 3 is 3.00 bits per heavy atom. The first kappa shape index (κ1) is 12.0. The summed E-state index contributed by atoms with van der Waals surface area (Å²) in [6.45, 7) is 3.06. The summed E-state index contributed by atoms with van der Waals surface area (Å²) in [6.07, 6.45) is 7.23. The molecule has 1 aliphatic carbocycles. The minimum absolute atomic E-state index is 0.458. The van der Waals surface area contributed by atoms with Crippen molar-refractivity contribution >= 4 is 22.8 Å². The molecular formula is C14H18ClN3. The summed E-state index contributed by atoms with van der Waals surface area (Å²) in [5, 5.41) is 0. The summed E-state index contributed by atoms with van der Waals surface area (Å²) >= 11 is 6.00. The number of halogens is 1. The van der Waals surface area contributed by atoms with Gasteiger partial charge in [0.1, 0.15) is 11.3 Å². The molecule has 0 N–H and O–H groups in total. The third-order valence-corrected chi connectivity index (χ3v) is 3.96. The summed E-state index contributed by atoms with van der Waals surface area (Å²) in [4.78, 5) is 9.08. The van der Waals surface area contributed by atoms with Gasteiger partial charge in [0.25, 0.3) is 0 Å². The van der Waals surface area contributed by atoms with E-state index in [1.165, 1.54) is 31.2 Å². The summed E-state index contributed by atoms with van der Waals surface area (Å²) < 4.78 is 2.19. The van der Waals surface area contributed by atoms with E-state index in [1.54, 1.807) is 0 Å². The monoisotopic (exact) mass is 263 g/mol. The van der Waals surface area contributed by atoms with Crippen molar-refractivity contribution in [3.05, 3.63) is 23.7 Å². The topological polar surface area (TPSA) is 30.7 Å². The Morgan fingerprint density at radius 1 is 1.44 bits per heavy atom. The highest BCUT2D eigenvalue weighted by Gasteiger charge is 2.21. The molecule has 0 atom stereocenters. The summed E-state index contributed by atoms with van der Waals surface area (Å²) in [6, 6.07) is 2.00. The van der Waals surface area contributed by atoms with E-state index in [0.717, 1.165) is 29.5 Å². The Morgan fingerprint density at radius 2 is 2.28 bits per heavy atom. The molecule has 0 saturated heterocycles. The highest BCUT2D eigenvalue weighted by atomic mass is 35.5. The van der Waals surface area contributed by atoms with Gasteiger partial charge in [0.15, 0.2) is 5.65 Å². The van der Waals surface area contributed by atoms with Gasteiger partial charge in [0.05, 0.1) is 5.88 Å². The number of aromatic nitrogens is 3. The maximum absolute atomic E-state index is 6.00. The molecule has 3 nitrogen and oxygen atoms in total. The molecule has 0 aromatic carbocycles. The quantitative estimate of drug-likeness (QED) is 0.771. The zero-order valence-electron chi connectivity index (χ0n) is 10.7. The molecule has 96 valence electrons. The van der Waals surface area contributed by atoms with E-state index in [4.69, 9.17) is 11.6 Å². The molecule has 4 heteroatoms. The molecule has 0 spiro atoms. The molecule has 0 amide bonds. The van der Waals surface area contributed by atoms with Crippen LogP contribution in [0.2, 0.25) is 0 Å². The average Bonchev–Trinajstić information content (AvgIpc) is 3.12. The fourth-order valence-corrected chi connectivity index (χ4v) is 2.67. The van der Waals surface area contributed by atoms with Crippen molar-refractivity contribution in [1.29, 1.82) is 0 Å². The molecule has 2 aromatic rings. The van der Waals surface area contributed by atoms with Crippen LogP contribution in [0.15, 0.2) is 12.3 Å². The van der Waals surface area contributed by atoms with Crippen molar-refractivity contribution in [2.75, 3.05) is 0 Å². The van der Waals surface area contributed by atoms with Crippen molar-refractivity contribution in [1.82, 2.24) is 14.5 Å². The molecule has 0 bridgehead atoms. The number of fused-ring (bicyclic) bond motifs is 1. The van der Waals surface area contributed by atoms with E-state index < -0.39 is 0 Å². The summed E-state index contributed by atoms with van der Waals surface area (Å²) in [7, 11) is 0. The molecule has 1 saturated carbocycles. The van der Waals surface area contributed by atoms with Crippen molar-refractivity contribution in [2.24, 2.45) is 5.92 Å². The number of pyridine rings is 1. The lowest BCUT2D eigenvalue weighted by molar-refractivity contribution is 0.573. The first-order valence-corrected chi connectivity index (χ1v) is 7.19. The Kier molecular flexibility index (Phi) is 3.25. The van der Waals surface area contributed by atoms with Crippen LogP contribution in [0.5, 0.6) is 0 Å². The average molecular weight is 264 g/mol. The van der Waals surface area contributed by atoms with E-state index in [1.807, 2.05) is 12.3 Å². The summed E-state index contributed by atoms with van der Waals surface area (Å²) in [5.74, 6) is 2.39. The number of hydrogen-bond donors (Lipinski definition) is 0. The van der Waals surface area contributed by atoms with Gasteiger partial charge in [-0.15, -0.1) is 11.6 Å². The molecule has 2 aromatic heterocycles. The van der Waals surface area contributed by atoms with Crippen molar-refractivity contribution in [3.63, 3.8) is 0 Å². The van der Waals surface area contributed by atoms with E-state index >= 15 is 0 Å². The second-order valence-electron chi connectivity index (χ2n) is 5.20. The third kappa shape index (κ3) is 2.24. The molecular weight excluding hydrogens is 246 g/mol. The standard InChI is InChI=1S/C14H18ClN3/c1-10-6-7-16-14-13(10)17-12(9-15)18(14)8-2-3-11-4-5-11/h6-7,11H,2-5,8-9H2,1H3. The minimum Gasteiger partial charge on any atom is -0.312 e. The van der Waals surface area contributed by atoms with Gasteiger partial charge in [-0.05, 0) is 37.3 Å². The van der Waals surface area contributed by atoms with Crippen LogP contribution in [0.25, 0.3) is 11.2 Å². The highest BCUT2D eigenvalue weighted by Crippen LogP contribution is 2.33. The molecule has 1 aliphatic rings. The van der Waals surface area contributed by atoms with Crippen LogP contribution in [0.1, 0.15) is 37.1 Å². The van der Waals surface area contributed by atoms with Crippen LogP contribution in [0.3, 0.4) is 0 Å². The lowest BCUT2D eigenvalue weighted by atomic mass is 10.2. The van der Waals surface area contributed by atoms with Gasteiger partial charge in [-0.1, -0.05) is 12.8 Å². The van der Waals surface area contributed by atoms with Gasteiger partial charge in [0.2, 0.25) is 0 Å². The Hall–Kier alpha value is -1.09. The van der Waals surface area contributed by atoms with E-state index in [-0.39, 0.29) is 0 Å². The number of aryl methyl sites for hydroxylation is 2. The van der Waals surface area contributed by atoms with Gasteiger partial charge in [0, 0.05) is 12.7 Å². The molecule has 1 fully saturated rings. The smallest absolute Gasteiger partial charge is 0.160 e. The molecule has 0 radical (unpaired) electrons. The van der Waals surface area contributed by atoms with Crippen LogP contribution >= 0.6 is 11.6 Å². The number of alkyl halides is 1. The van der Waals surface area contributed by atoms with Crippen molar-refractivity contribution in [3.8, 4) is 0 Å². The molecule has 2 heterocycles. The van der Waals surface area contributed by atoms with E-state index in [9.17, 15) is 0 Å². The Balaban J connectivity index is 1.89. The van der Waals surface area contributed by atoms with Gasteiger partial charge < -0.3 is 4.57 Å². The number of imidazole rings is 1. The lowest BCUT2D eigenvalue weighted by Gasteiger charge is -2.06. The van der Waals surface area contributed by atoms with Gasteiger partial charge in [-0.3, -0.25) is 0 Å². The number of rotatable bonds is 5. The SMILES string of the molecule is Cc1ccnc2c1nc(CCl)n2CCCC1CC1. The second kappa shape index (κ2) is 4.88. The fourth-order valence-electron chi connectivity index (χ4n) is 2.47. The predicted octanol–water partition coefficient (Wildman–Crippen LogP) is 3.67. The molecule has 0 aliphatic heterocycles. The molecule has 18 heavy (non-hydrogen) atoms. The predicted molar refractivity (Wildman–Crippen MR) is 73.8 cm³/mol. The maximum atomic E-state index is 6.00. The van der Waals surface area contributed by atoms with Crippen molar-refractivity contribution < 1.29 is 0 Å². The third-order valence-electron chi connectivity index (χ3n) is 3.73. The molecule has 3 rings (SSSR count). The molecule has 0 unspecified atom stereocenters. The normalized spacial score (nSPS) is 15.4. The summed E-state index contributed by atoms with van der Waals surface area (Å²) in [5.41, 5.74) is 3.16. The van der Waals surface area contributed by atoms with Gasteiger partial charge in [-0.2, -0.15) is 0 Å². The van der Waals surface area contributed by atoms with E-state index in [0.29, 0.717) is 5.88 Å². The van der Waals surface area contributed by atoms with Crippen LogP contribution in [-0.2, 0) is 12.4 Å². The Labute approximate surface area is 112 Å². The number of nitrogens with zero attached hydrogens (tertiary/aromatic N) is 3. The fraction of sp³-hybridized carbons (Fsp3) is 0.571. The first-order chi connectivity index (χ1) is 8.79. The van der Waals surface area contributed by atoms with Gasteiger partial charge >= 0.3 is 0 Å². The zero-order valence-corrected chi connectivity index (χ0v) is 11.5. The van der Waals surface area contributed by atoms with Crippen LogP contribution in [-0.4, -0.2) is 14.5 Å². The van der Waals surface area contributed by atoms with Gasteiger partial charge in [-0.25, -0.2) is 9.97 Å². The Bertz CT molecular complexity index is 557. The van der Waals surface area contributed by atoms with Crippen LogP contribution < -0.4 is 0 Å². The second-order valence-corrected chi connectivity index (χ2v) is 5.47. The largest absolute Gasteiger partial charge is 0.312 e. The minimum atomic E-state index is 0.458. The van der Waals surface area contributed by atoms with Crippen LogP contribution in [0.4, 0.5) is 0 Å². The lowest BCUT2D eigenvalue weighted by Crippen LogP contribution is -2.03. The number of hydrogen-bond acceptors (Lipinski definition) is 2. The first-order valence-electron chi connectivity index (χ1n) is 6.66. The maximum Gasteiger partial charge on any atom is 0.160 e. The van der Waals surface area contributed by atoms with Crippen molar-refractivity contribution in [2.45, 2.75) is 45.0 Å².